The van der Waals surface area contributed by atoms with Crippen LogP contribution < -0.4 is 5.32 Å². The topological polar surface area (TPSA) is 32.3 Å². The van der Waals surface area contributed by atoms with Gasteiger partial charge in [-0.1, -0.05) is 58.3 Å². The van der Waals surface area contributed by atoms with Crippen LogP contribution in [-0.2, 0) is 4.79 Å². The standard InChI is InChI=1S/C17H34N2O/c1-4-5-6-7-8-9-10-11-12-14-17(20)18-15-13-16-19(2)3/h13,16H,4-12,14-15H2,1-3H3,(H,18,20). The average molecular weight is 282 g/mol. The van der Waals surface area contributed by atoms with E-state index in [4.69, 9.17) is 0 Å². The molecule has 0 aliphatic carbocycles. The Morgan fingerprint density at radius 1 is 0.950 bits per heavy atom. The molecule has 3 heteroatoms. The third-order valence-corrected chi connectivity index (χ3v) is 3.33. The molecule has 1 amide bonds. The highest BCUT2D eigenvalue weighted by Gasteiger charge is 1.99. The second-order valence-corrected chi connectivity index (χ2v) is 5.73. The lowest BCUT2D eigenvalue weighted by Crippen LogP contribution is -2.23. The first-order chi connectivity index (χ1) is 9.66. The predicted octanol–water partition coefficient (Wildman–Crippen LogP) is 4.10. The Balaban J connectivity index is 3.23. The average Bonchev–Trinajstić information content (AvgIpc) is 2.41. The van der Waals surface area contributed by atoms with Crippen molar-refractivity contribution >= 4 is 5.91 Å². The number of rotatable bonds is 13. The molecule has 118 valence electrons. The molecule has 0 fully saturated rings. The minimum Gasteiger partial charge on any atom is -0.384 e. The monoisotopic (exact) mass is 282 g/mol. The Bertz CT molecular complexity index is 249. The van der Waals surface area contributed by atoms with Gasteiger partial charge in [0.25, 0.3) is 0 Å². The fourth-order valence-corrected chi connectivity index (χ4v) is 2.12. The maximum atomic E-state index is 11.5. The minimum atomic E-state index is 0.177. The molecule has 0 aliphatic heterocycles. The van der Waals surface area contributed by atoms with Gasteiger partial charge in [0.2, 0.25) is 5.91 Å². The number of amides is 1. The molecule has 0 heterocycles. The first-order valence-electron chi connectivity index (χ1n) is 8.26. The van der Waals surface area contributed by atoms with Gasteiger partial charge in [0.1, 0.15) is 0 Å². The maximum absolute atomic E-state index is 11.5. The van der Waals surface area contributed by atoms with Gasteiger partial charge in [-0.3, -0.25) is 4.79 Å². The fourth-order valence-electron chi connectivity index (χ4n) is 2.12. The summed E-state index contributed by atoms with van der Waals surface area (Å²) >= 11 is 0. The van der Waals surface area contributed by atoms with Crippen molar-refractivity contribution in [3.63, 3.8) is 0 Å². The molecule has 3 nitrogen and oxygen atoms in total. The Morgan fingerprint density at radius 3 is 2.05 bits per heavy atom. The molecule has 0 saturated carbocycles. The quantitative estimate of drug-likeness (QED) is 0.516. The number of nitrogens with one attached hydrogen (secondary N) is 1. The van der Waals surface area contributed by atoms with Crippen molar-refractivity contribution in [3.8, 4) is 0 Å². The Morgan fingerprint density at radius 2 is 1.50 bits per heavy atom. The molecule has 0 unspecified atom stereocenters. The molecule has 1 N–H and O–H groups in total. The summed E-state index contributed by atoms with van der Waals surface area (Å²) in [6.45, 7) is 2.88. The summed E-state index contributed by atoms with van der Waals surface area (Å²) in [6, 6.07) is 0. The molecule has 20 heavy (non-hydrogen) atoms. The van der Waals surface area contributed by atoms with E-state index in [1.54, 1.807) is 0 Å². The number of carbonyl (C=O) groups is 1. The van der Waals surface area contributed by atoms with Gasteiger partial charge in [0, 0.05) is 27.1 Å². The molecular formula is C17H34N2O. The number of unbranched alkanes of at least 4 members (excludes halogenated alkanes) is 8. The second kappa shape index (κ2) is 14.4. The van der Waals surface area contributed by atoms with Gasteiger partial charge in [0.05, 0.1) is 0 Å². The summed E-state index contributed by atoms with van der Waals surface area (Å²) in [6.07, 6.45) is 16.2. The molecule has 0 aliphatic rings. The van der Waals surface area contributed by atoms with E-state index in [1.807, 2.05) is 31.3 Å². The zero-order valence-corrected chi connectivity index (χ0v) is 13.8. The molecule has 0 saturated heterocycles. The molecule has 0 aromatic rings. The van der Waals surface area contributed by atoms with E-state index >= 15 is 0 Å². The van der Waals surface area contributed by atoms with E-state index in [2.05, 4.69) is 12.2 Å². The number of hydrogen-bond donors (Lipinski definition) is 1. The van der Waals surface area contributed by atoms with Gasteiger partial charge < -0.3 is 10.2 Å². The van der Waals surface area contributed by atoms with Crippen molar-refractivity contribution in [2.24, 2.45) is 0 Å². The summed E-state index contributed by atoms with van der Waals surface area (Å²) in [5.41, 5.74) is 0. The fraction of sp³-hybridized carbons (Fsp3) is 0.824. The number of hydrogen-bond acceptors (Lipinski definition) is 2. The van der Waals surface area contributed by atoms with Crippen LogP contribution in [0.1, 0.15) is 71.1 Å². The first-order valence-corrected chi connectivity index (χ1v) is 8.26. The van der Waals surface area contributed by atoms with E-state index in [-0.39, 0.29) is 5.91 Å². The highest BCUT2D eigenvalue weighted by molar-refractivity contribution is 5.75. The van der Waals surface area contributed by atoms with Crippen LogP contribution >= 0.6 is 0 Å². The summed E-state index contributed by atoms with van der Waals surface area (Å²) in [4.78, 5) is 13.5. The van der Waals surface area contributed by atoms with Gasteiger partial charge in [-0.05, 0) is 18.7 Å². The van der Waals surface area contributed by atoms with E-state index in [0.717, 1.165) is 6.42 Å². The van der Waals surface area contributed by atoms with Crippen LogP contribution in [0.2, 0.25) is 0 Å². The van der Waals surface area contributed by atoms with Crippen molar-refractivity contribution in [1.29, 1.82) is 0 Å². The van der Waals surface area contributed by atoms with E-state index < -0.39 is 0 Å². The second-order valence-electron chi connectivity index (χ2n) is 5.73. The minimum absolute atomic E-state index is 0.177. The first kappa shape index (κ1) is 19.0. The van der Waals surface area contributed by atoms with Gasteiger partial charge in [-0.2, -0.15) is 0 Å². The van der Waals surface area contributed by atoms with Crippen LogP contribution in [-0.4, -0.2) is 31.4 Å². The molecule has 0 radical (unpaired) electrons. The van der Waals surface area contributed by atoms with Crippen LogP contribution in [0.15, 0.2) is 12.3 Å². The van der Waals surface area contributed by atoms with Crippen molar-refractivity contribution < 1.29 is 4.79 Å². The summed E-state index contributed by atoms with van der Waals surface area (Å²) in [5, 5.41) is 2.91. The van der Waals surface area contributed by atoms with Gasteiger partial charge in [0.15, 0.2) is 0 Å². The van der Waals surface area contributed by atoms with E-state index in [1.165, 1.54) is 51.4 Å². The molecule has 0 rings (SSSR count). The van der Waals surface area contributed by atoms with Crippen molar-refractivity contribution in [1.82, 2.24) is 10.2 Å². The van der Waals surface area contributed by atoms with E-state index in [9.17, 15) is 4.79 Å². The molecule has 0 aromatic carbocycles. The smallest absolute Gasteiger partial charge is 0.220 e. The largest absolute Gasteiger partial charge is 0.384 e. The lowest BCUT2D eigenvalue weighted by atomic mass is 10.1. The van der Waals surface area contributed by atoms with Gasteiger partial charge in [-0.25, -0.2) is 0 Å². The Hall–Kier alpha value is -0.990. The van der Waals surface area contributed by atoms with Crippen molar-refractivity contribution in [3.05, 3.63) is 12.3 Å². The number of carbonyl (C=O) groups excluding carboxylic acids is 1. The number of nitrogens with zero attached hydrogens (tertiary/aromatic N) is 1. The summed E-state index contributed by atoms with van der Waals surface area (Å²) < 4.78 is 0. The zero-order chi connectivity index (χ0) is 15.1. The normalized spacial score (nSPS) is 10.9. The van der Waals surface area contributed by atoms with Crippen LogP contribution in [0.5, 0.6) is 0 Å². The highest BCUT2D eigenvalue weighted by atomic mass is 16.1. The lowest BCUT2D eigenvalue weighted by Gasteiger charge is -2.05. The molecule has 0 aromatic heterocycles. The molecule has 0 spiro atoms. The molecule has 0 bridgehead atoms. The third kappa shape index (κ3) is 15.1. The summed E-state index contributed by atoms with van der Waals surface area (Å²) in [7, 11) is 3.95. The van der Waals surface area contributed by atoms with Gasteiger partial charge in [-0.15, -0.1) is 0 Å². The maximum Gasteiger partial charge on any atom is 0.220 e. The van der Waals surface area contributed by atoms with Crippen molar-refractivity contribution in [2.45, 2.75) is 71.1 Å². The predicted molar refractivity (Wildman–Crippen MR) is 87.7 cm³/mol. The van der Waals surface area contributed by atoms with Crippen LogP contribution in [0.25, 0.3) is 0 Å². The van der Waals surface area contributed by atoms with Crippen molar-refractivity contribution in [2.75, 3.05) is 20.6 Å². The Labute approximate surface area is 125 Å². The van der Waals surface area contributed by atoms with Gasteiger partial charge >= 0.3 is 0 Å². The van der Waals surface area contributed by atoms with Crippen LogP contribution in [0.3, 0.4) is 0 Å². The third-order valence-electron chi connectivity index (χ3n) is 3.33. The lowest BCUT2D eigenvalue weighted by molar-refractivity contribution is -0.121. The molecule has 0 atom stereocenters. The summed E-state index contributed by atoms with van der Waals surface area (Å²) in [5.74, 6) is 0.177. The Kier molecular flexibility index (Phi) is 13.7. The van der Waals surface area contributed by atoms with Crippen LogP contribution in [0, 0.1) is 0 Å². The zero-order valence-electron chi connectivity index (χ0n) is 13.8. The SMILES string of the molecule is CCCCCCCCCCCC(=O)NCC=CN(C)C. The van der Waals surface area contributed by atoms with E-state index in [0.29, 0.717) is 13.0 Å². The van der Waals surface area contributed by atoms with Crippen LogP contribution in [0.4, 0.5) is 0 Å². The molecular weight excluding hydrogens is 248 g/mol. The highest BCUT2D eigenvalue weighted by Crippen LogP contribution is 2.10.